The van der Waals surface area contributed by atoms with Crippen LogP contribution in [-0.4, -0.2) is 50.0 Å². The van der Waals surface area contributed by atoms with Crippen LogP contribution >= 0.6 is 0 Å². The molecule has 0 radical (unpaired) electrons. The van der Waals surface area contributed by atoms with Gasteiger partial charge in [0, 0.05) is 6.61 Å². The third-order valence-electron chi connectivity index (χ3n) is 10.7. The highest BCUT2D eigenvalue weighted by Crippen LogP contribution is 2.64. The summed E-state index contributed by atoms with van der Waals surface area (Å²) in [4.78, 5) is 13.2. The first kappa shape index (κ1) is 33.0. The molecule has 6 atom stereocenters. The van der Waals surface area contributed by atoms with Crippen LogP contribution in [-0.2, 0) is 25.3 Å². The number of carbonyl (C=O) groups is 1. The number of aliphatic hydroxyl groups is 1. The lowest BCUT2D eigenvalue weighted by Gasteiger charge is -2.65. The van der Waals surface area contributed by atoms with Gasteiger partial charge in [0.15, 0.2) is 14.2 Å². The van der Waals surface area contributed by atoms with E-state index in [4.69, 9.17) is 13.9 Å². The topological polar surface area (TPSA) is 65.0 Å². The van der Waals surface area contributed by atoms with Crippen molar-refractivity contribution in [3.05, 3.63) is 48.0 Å². The zero-order chi connectivity index (χ0) is 31.3. The first-order valence-electron chi connectivity index (χ1n) is 15.0. The summed E-state index contributed by atoms with van der Waals surface area (Å²) in [7, 11) is -2.23. The summed E-state index contributed by atoms with van der Waals surface area (Å²) >= 11 is 0. The normalized spacial score (nSPS) is 27.3. The van der Waals surface area contributed by atoms with Gasteiger partial charge in [-0.15, -0.1) is 0 Å². The summed E-state index contributed by atoms with van der Waals surface area (Å²) in [6.07, 6.45) is -6.84. The molecule has 3 saturated carbocycles. The number of rotatable bonds is 10. The third kappa shape index (κ3) is 6.30. The van der Waals surface area contributed by atoms with Crippen molar-refractivity contribution in [3.63, 3.8) is 0 Å². The second-order valence-electron chi connectivity index (χ2n) is 14.6. The van der Waals surface area contributed by atoms with Gasteiger partial charge in [-0.1, -0.05) is 77.1 Å². The van der Waals surface area contributed by atoms with Crippen LogP contribution in [0.4, 0.5) is 13.2 Å². The van der Waals surface area contributed by atoms with Gasteiger partial charge in [0.1, 0.15) is 11.7 Å². The van der Waals surface area contributed by atoms with Crippen LogP contribution in [0.1, 0.15) is 66.4 Å². The Kier molecular flexibility index (Phi) is 9.04. The summed E-state index contributed by atoms with van der Waals surface area (Å²) in [5.74, 6) is -3.90. The fraction of sp³-hybridized carbons (Fsp3) is 0.667. The first-order chi connectivity index (χ1) is 19.3. The van der Waals surface area contributed by atoms with Gasteiger partial charge in [0.2, 0.25) is 0 Å². The highest BCUT2D eigenvalue weighted by atomic mass is 28.4. The smallest absolute Gasteiger partial charge is 0.404 e. The molecule has 2 aromatic rings. The van der Waals surface area contributed by atoms with Crippen molar-refractivity contribution in [2.45, 2.75) is 110 Å². The molecule has 9 heteroatoms. The maximum absolute atomic E-state index is 14.2. The molecule has 3 aliphatic rings. The largest absolute Gasteiger partial charge is 0.459 e. The molecule has 0 amide bonds. The molecule has 2 bridgehead atoms. The molecule has 0 aromatic heterocycles. The molecule has 3 aliphatic carbocycles. The number of hydrogen-bond acceptors (Lipinski definition) is 5. The van der Waals surface area contributed by atoms with Gasteiger partial charge >= 0.3 is 12.1 Å². The number of fused-ring (bicyclic) bond motifs is 3. The van der Waals surface area contributed by atoms with Gasteiger partial charge in [0.25, 0.3) is 0 Å². The molecule has 0 spiro atoms. The number of hydrogen-bond donors (Lipinski definition) is 1. The fourth-order valence-electron chi connectivity index (χ4n) is 6.66. The number of halogens is 3. The minimum absolute atomic E-state index is 0.00350. The molecule has 1 N–H and O–H groups in total. The van der Waals surface area contributed by atoms with Crippen LogP contribution in [0, 0.1) is 23.2 Å². The van der Waals surface area contributed by atoms with Gasteiger partial charge in [-0.25, -0.2) is 0 Å². The number of carbonyl (C=O) groups excluding carboxylic acids is 1. The molecule has 0 saturated heterocycles. The molecule has 5 nitrogen and oxygen atoms in total. The summed E-state index contributed by atoms with van der Waals surface area (Å²) < 4.78 is 60.9. The Morgan fingerprint density at radius 3 is 2.31 bits per heavy atom. The van der Waals surface area contributed by atoms with Crippen LogP contribution in [0.2, 0.25) is 18.1 Å². The van der Waals surface area contributed by atoms with Crippen LogP contribution in [0.5, 0.6) is 0 Å². The summed E-state index contributed by atoms with van der Waals surface area (Å²) in [5.41, 5.74) is -0.123. The number of esters is 1. The van der Waals surface area contributed by atoms with E-state index in [1.807, 2.05) is 83.3 Å². The van der Waals surface area contributed by atoms with Crippen LogP contribution < -0.4 is 0 Å². The average Bonchev–Trinajstić information content (AvgIpc) is 2.86. The van der Waals surface area contributed by atoms with E-state index in [1.54, 1.807) is 0 Å². The quantitative estimate of drug-likeness (QED) is 0.218. The SMILES string of the molecule is CC1(C)[C@H]2C[C@H](OC(=O)[C@H]([C@@H](O)CCO[Si](C)(C)C(C)(C)C)C(F)(F)F)[C@](C)(OCc3cccc4ccccc34)[C@@H]1C2. The van der Waals surface area contributed by atoms with E-state index in [0.717, 1.165) is 22.8 Å². The minimum atomic E-state index is -4.97. The van der Waals surface area contributed by atoms with Gasteiger partial charge in [-0.2, -0.15) is 13.2 Å². The second-order valence-corrected chi connectivity index (χ2v) is 19.4. The Hall–Kier alpha value is -1.94. The van der Waals surface area contributed by atoms with Crippen molar-refractivity contribution in [3.8, 4) is 0 Å². The van der Waals surface area contributed by atoms with Crippen molar-refractivity contribution in [2.75, 3.05) is 6.61 Å². The lowest BCUT2D eigenvalue weighted by molar-refractivity contribution is -0.281. The maximum Gasteiger partial charge on any atom is 0.404 e. The van der Waals surface area contributed by atoms with E-state index in [0.29, 0.717) is 6.42 Å². The molecule has 0 heterocycles. The highest BCUT2D eigenvalue weighted by Gasteiger charge is 2.66. The standard InChI is InChI=1S/C33H47F3O5Si/c1-30(2,3)42(7,8)40-17-16-25(37)28(33(34,35)36)29(38)41-27-19-23-18-26(31(23,4)5)32(27,6)39-20-22-14-11-13-21-12-9-10-15-24(21)22/h9-15,23,25-28,37H,16-20H2,1-8H3/t23-,25+,26-,27+,28+,32-/m1/s1. The number of alkyl halides is 3. The van der Waals surface area contributed by atoms with Crippen LogP contribution in [0.15, 0.2) is 42.5 Å². The molecule has 3 fully saturated rings. The van der Waals surface area contributed by atoms with E-state index < -0.39 is 44.2 Å². The van der Waals surface area contributed by atoms with Gasteiger partial charge < -0.3 is 19.0 Å². The first-order valence-corrected chi connectivity index (χ1v) is 17.9. The Morgan fingerprint density at radius 2 is 1.69 bits per heavy atom. The van der Waals surface area contributed by atoms with Crippen LogP contribution in [0.3, 0.4) is 0 Å². The number of ether oxygens (including phenoxy) is 2. The monoisotopic (exact) mass is 608 g/mol. The molecule has 5 rings (SSSR count). The third-order valence-corrected chi connectivity index (χ3v) is 15.2. The van der Waals surface area contributed by atoms with Gasteiger partial charge in [0.05, 0.1) is 12.7 Å². The zero-order valence-electron chi connectivity index (χ0n) is 26.2. The Bertz CT molecular complexity index is 1270. The highest BCUT2D eigenvalue weighted by molar-refractivity contribution is 6.74. The van der Waals surface area contributed by atoms with Gasteiger partial charge in [-0.3, -0.25) is 4.79 Å². The predicted molar refractivity (Wildman–Crippen MR) is 160 cm³/mol. The summed E-state index contributed by atoms with van der Waals surface area (Å²) in [6.45, 7) is 16.4. The number of benzene rings is 2. The molecule has 0 unspecified atom stereocenters. The zero-order valence-corrected chi connectivity index (χ0v) is 27.2. The van der Waals surface area contributed by atoms with Crippen molar-refractivity contribution in [1.82, 2.24) is 0 Å². The van der Waals surface area contributed by atoms with Crippen molar-refractivity contribution < 1.29 is 37.0 Å². The van der Waals surface area contributed by atoms with E-state index >= 15 is 0 Å². The maximum atomic E-state index is 14.2. The van der Waals surface area contributed by atoms with Crippen molar-refractivity contribution >= 4 is 25.1 Å². The predicted octanol–water partition coefficient (Wildman–Crippen LogP) is 8.04. The van der Waals surface area contributed by atoms with E-state index in [2.05, 4.69) is 13.8 Å². The molecular formula is C33H47F3O5Si. The molecule has 234 valence electrons. The second kappa shape index (κ2) is 11.5. The minimum Gasteiger partial charge on any atom is -0.459 e. The Labute approximate surface area is 249 Å². The van der Waals surface area contributed by atoms with E-state index in [1.165, 1.54) is 0 Å². The summed E-state index contributed by atoms with van der Waals surface area (Å²) in [6, 6.07) is 13.9. The van der Waals surface area contributed by atoms with Crippen LogP contribution in [0.25, 0.3) is 10.8 Å². The summed E-state index contributed by atoms with van der Waals surface area (Å²) in [5, 5.41) is 12.6. The number of aliphatic hydroxyl groups excluding tert-OH is 1. The van der Waals surface area contributed by atoms with Crippen molar-refractivity contribution in [2.24, 2.45) is 23.2 Å². The van der Waals surface area contributed by atoms with E-state index in [-0.39, 0.29) is 41.9 Å². The fourth-order valence-corrected chi connectivity index (χ4v) is 7.72. The van der Waals surface area contributed by atoms with Crippen molar-refractivity contribution in [1.29, 1.82) is 0 Å². The molecule has 42 heavy (non-hydrogen) atoms. The lowest BCUT2D eigenvalue weighted by Crippen LogP contribution is -2.68. The molecule has 2 aromatic carbocycles. The Morgan fingerprint density at radius 1 is 1.05 bits per heavy atom. The average molecular weight is 609 g/mol. The van der Waals surface area contributed by atoms with E-state index in [9.17, 15) is 23.1 Å². The van der Waals surface area contributed by atoms with Gasteiger partial charge in [-0.05, 0) is 77.9 Å². The Balaban J connectivity index is 1.51. The lowest BCUT2D eigenvalue weighted by atomic mass is 9.43. The molecular weight excluding hydrogens is 561 g/mol. The molecule has 0 aliphatic heterocycles.